The van der Waals surface area contributed by atoms with E-state index in [-0.39, 0.29) is 17.4 Å². The third-order valence-corrected chi connectivity index (χ3v) is 6.31. The van der Waals surface area contributed by atoms with Crippen LogP contribution in [0.3, 0.4) is 0 Å². The molecule has 172 valence electrons. The summed E-state index contributed by atoms with van der Waals surface area (Å²) in [6, 6.07) is 9.28. The van der Waals surface area contributed by atoms with Gasteiger partial charge in [0, 0.05) is 35.7 Å². The molecule has 2 heterocycles. The molecule has 2 atom stereocenters. The Balaban J connectivity index is 1.54. The number of amides is 2. The highest BCUT2D eigenvalue weighted by molar-refractivity contribution is 6.06. The standard InChI is InChI=1S/C24H28N6O3/c1-13-12-19(28-27-13)15-8-10-16(11-9-15)22(31)17-6-4-5-7-18(17)24(33)26-20-14(2)29-30(3)21(20)23(25)32/h8-12,17-18H,4-7H2,1-3H3,(H2,25,32)(H,26,33)(H,27,28)/t17-,18-/m1/s1. The number of carbonyl (C=O) groups excluding carboxylic acids is 3. The van der Waals surface area contributed by atoms with Crippen molar-refractivity contribution in [2.75, 3.05) is 5.32 Å². The Morgan fingerprint density at radius 3 is 2.36 bits per heavy atom. The minimum Gasteiger partial charge on any atom is -0.364 e. The van der Waals surface area contributed by atoms with Crippen molar-refractivity contribution in [3.05, 3.63) is 53.0 Å². The quantitative estimate of drug-likeness (QED) is 0.498. The number of H-pyrrole nitrogens is 1. The number of aromatic nitrogens is 4. The molecular weight excluding hydrogens is 420 g/mol. The largest absolute Gasteiger partial charge is 0.364 e. The first-order valence-corrected chi connectivity index (χ1v) is 11.1. The first kappa shape index (κ1) is 22.4. The fraction of sp³-hybridized carbons (Fsp3) is 0.375. The molecule has 9 heteroatoms. The van der Waals surface area contributed by atoms with Crippen LogP contribution in [0.1, 0.15) is 57.9 Å². The minimum atomic E-state index is -0.670. The maximum absolute atomic E-state index is 13.4. The lowest BCUT2D eigenvalue weighted by Gasteiger charge is -2.29. The summed E-state index contributed by atoms with van der Waals surface area (Å²) in [5.41, 5.74) is 9.71. The number of nitrogens with one attached hydrogen (secondary N) is 2. The summed E-state index contributed by atoms with van der Waals surface area (Å²) in [5.74, 6) is -1.91. The van der Waals surface area contributed by atoms with Gasteiger partial charge >= 0.3 is 0 Å². The summed E-state index contributed by atoms with van der Waals surface area (Å²) in [7, 11) is 1.60. The molecule has 1 aromatic carbocycles. The van der Waals surface area contributed by atoms with Gasteiger partial charge in [0.1, 0.15) is 5.69 Å². The molecule has 9 nitrogen and oxygen atoms in total. The zero-order valence-electron chi connectivity index (χ0n) is 19.0. The van der Waals surface area contributed by atoms with Crippen LogP contribution in [0.25, 0.3) is 11.3 Å². The van der Waals surface area contributed by atoms with E-state index < -0.39 is 17.7 Å². The molecule has 33 heavy (non-hydrogen) atoms. The van der Waals surface area contributed by atoms with E-state index in [1.807, 2.05) is 25.1 Å². The van der Waals surface area contributed by atoms with Crippen molar-refractivity contribution < 1.29 is 14.4 Å². The molecule has 3 aromatic rings. The van der Waals surface area contributed by atoms with Crippen LogP contribution in [0.4, 0.5) is 5.69 Å². The van der Waals surface area contributed by atoms with Gasteiger partial charge in [-0.05, 0) is 32.8 Å². The number of aryl methyl sites for hydroxylation is 3. The molecule has 0 aliphatic heterocycles. The van der Waals surface area contributed by atoms with Crippen LogP contribution < -0.4 is 11.1 Å². The normalized spacial score (nSPS) is 18.2. The number of nitrogens with two attached hydrogens (primary N) is 1. The summed E-state index contributed by atoms with van der Waals surface area (Å²) in [5, 5.41) is 14.2. The van der Waals surface area contributed by atoms with Gasteiger partial charge in [-0.2, -0.15) is 10.2 Å². The molecule has 0 spiro atoms. The Labute approximate surface area is 191 Å². The number of rotatable bonds is 6. The van der Waals surface area contributed by atoms with Gasteiger partial charge in [-0.3, -0.25) is 24.2 Å². The second-order valence-electron chi connectivity index (χ2n) is 8.66. The highest BCUT2D eigenvalue weighted by Crippen LogP contribution is 2.34. The van der Waals surface area contributed by atoms with Crippen LogP contribution in [0.2, 0.25) is 0 Å². The number of aromatic amines is 1. The summed E-state index contributed by atoms with van der Waals surface area (Å²) >= 11 is 0. The molecule has 0 saturated heterocycles. The van der Waals surface area contributed by atoms with Crippen molar-refractivity contribution in [2.24, 2.45) is 24.6 Å². The smallest absolute Gasteiger partial charge is 0.269 e. The topological polar surface area (TPSA) is 136 Å². The van der Waals surface area contributed by atoms with Gasteiger partial charge in [0.25, 0.3) is 5.91 Å². The van der Waals surface area contributed by atoms with Crippen LogP contribution in [0.15, 0.2) is 30.3 Å². The van der Waals surface area contributed by atoms with E-state index in [9.17, 15) is 14.4 Å². The first-order valence-electron chi connectivity index (χ1n) is 11.1. The van der Waals surface area contributed by atoms with Crippen molar-refractivity contribution >= 4 is 23.3 Å². The van der Waals surface area contributed by atoms with Crippen molar-refractivity contribution in [1.29, 1.82) is 0 Å². The number of hydrogen-bond donors (Lipinski definition) is 3. The fourth-order valence-electron chi connectivity index (χ4n) is 4.65. The van der Waals surface area contributed by atoms with Crippen LogP contribution in [0.5, 0.6) is 0 Å². The molecule has 4 rings (SSSR count). The van der Waals surface area contributed by atoms with Crippen molar-refractivity contribution in [3.63, 3.8) is 0 Å². The predicted octanol–water partition coefficient (Wildman–Crippen LogP) is 3.15. The van der Waals surface area contributed by atoms with Crippen molar-refractivity contribution in [1.82, 2.24) is 20.0 Å². The summed E-state index contributed by atoms with van der Waals surface area (Å²) < 4.78 is 1.36. The maximum atomic E-state index is 13.4. The molecular formula is C24H28N6O3. The Bertz CT molecular complexity index is 1210. The van der Waals surface area contributed by atoms with Crippen LogP contribution in [-0.2, 0) is 11.8 Å². The van der Waals surface area contributed by atoms with Gasteiger partial charge in [-0.1, -0.05) is 37.1 Å². The van der Waals surface area contributed by atoms with Crippen LogP contribution in [-0.4, -0.2) is 37.6 Å². The predicted molar refractivity (Wildman–Crippen MR) is 124 cm³/mol. The van der Waals surface area contributed by atoms with Crippen molar-refractivity contribution in [3.8, 4) is 11.3 Å². The number of nitrogens with zero attached hydrogens (tertiary/aromatic N) is 3. The average Bonchev–Trinajstić information content (AvgIpc) is 3.35. The number of ketones is 1. The van der Waals surface area contributed by atoms with E-state index >= 15 is 0 Å². The zero-order chi connectivity index (χ0) is 23.7. The Kier molecular flexibility index (Phi) is 6.13. The van der Waals surface area contributed by atoms with Gasteiger partial charge in [0.2, 0.25) is 5.91 Å². The lowest BCUT2D eigenvalue weighted by molar-refractivity contribution is -0.122. The lowest BCUT2D eigenvalue weighted by atomic mass is 9.75. The molecule has 4 N–H and O–H groups in total. The minimum absolute atomic E-state index is 0.0439. The SMILES string of the molecule is Cc1cc(-c2ccc(C(=O)[C@@H]3CCCC[C@H]3C(=O)Nc3c(C)nn(C)c3C(N)=O)cc2)n[nH]1. The number of carbonyl (C=O) groups is 3. The Morgan fingerprint density at radius 2 is 1.76 bits per heavy atom. The number of primary amides is 1. The van der Waals surface area contributed by atoms with Crippen LogP contribution >= 0.6 is 0 Å². The van der Waals surface area contributed by atoms with E-state index in [4.69, 9.17) is 5.73 Å². The number of hydrogen-bond acceptors (Lipinski definition) is 5. The molecule has 1 aliphatic rings. The molecule has 0 unspecified atom stereocenters. The molecule has 1 aliphatic carbocycles. The van der Waals surface area contributed by atoms with Gasteiger partial charge in [0.05, 0.1) is 17.1 Å². The summed E-state index contributed by atoms with van der Waals surface area (Å²) in [6.07, 6.45) is 3.02. The number of Topliss-reactive ketones (excluding diaryl/α,β-unsaturated/α-hetero) is 1. The number of anilines is 1. The average molecular weight is 449 g/mol. The Hall–Kier alpha value is -3.75. The monoisotopic (exact) mass is 448 g/mol. The third-order valence-electron chi connectivity index (χ3n) is 6.31. The second-order valence-corrected chi connectivity index (χ2v) is 8.66. The Morgan fingerprint density at radius 1 is 1.09 bits per heavy atom. The first-order chi connectivity index (χ1) is 15.8. The van der Waals surface area contributed by atoms with Gasteiger partial charge in [0.15, 0.2) is 5.78 Å². The molecule has 2 amide bonds. The molecule has 0 bridgehead atoms. The van der Waals surface area contributed by atoms with Crippen molar-refractivity contribution in [2.45, 2.75) is 39.5 Å². The van der Waals surface area contributed by atoms with E-state index in [1.165, 1.54) is 4.68 Å². The highest BCUT2D eigenvalue weighted by atomic mass is 16.2. The van der Waals surface area contributed by atoms with E-state index in [2.05, 4.69) is 20.6 Å². The van der Waals surface area contributed by atoms with E-state index in [1.54, 1.807) is 26.1 Å². The summed E-state index contributed by atoms with van der Waals surface area (Å²) in [6.45, 7) is 3.63. The van der Waals surface area contributed by atoms with Gasteiger partial charge < -0.3 is 11.1 Å². The van der Waals surface area contributed by atoms with Gasteiger partial charge in [-0.15, -0.1) is 0 Å². The lowest BCUT2D eigenvalue weighted by Crippen LogP contribution is -2.36. The highest BCUT2D eigenvalue weighted by Gasteiger charge is 2.37. The van der Waals surface area contributed by atoms with Gasteiger partial charge in [-0.25, -0.2) is 0 Å². The molecule has 2 aromatic heterocycles. The molecule has 1 saturated carbocycles. The summed E-state index contributed by atoms with van der Waals surface area (Å²) in [4.78, 5) is 38.5. The van der Waals surface area contributed by atoms with E-state index in [0.29, 0.717) is 29.8 Å². The second kappa shape index (κ2) is 9.01. The molecule has 0 radical (unpaired) electrons. The maximum Gasteiger partial charge on any atom is 0.269 e. The molecule has 1 fully saturated rings. The zero-order valence-corrected chi connectivity index (χ0v) is 19.0. The third kappa shape index (κ3) is 4.44. The van der Waals surface area contributed by atoms with Crippen LogP contribution in [0, 0.1) is 25.7 Å². The van der Waals surface area contributed by atoms with E-state index in [0.717, 1.165) is 29.8 Å². The number of benzene rings is 1. The fourth-order valence-corrected chi connectivity index (χ4v) is 4.65.